The Labute approximate surface area is 332 Å². The summed E-state index contributed by atoms with van der Waals surface area (Å²) in [6.07, 6.45) is 7.45. The van der Waals surface area contributed by atoms with Crippen LogP contribution in [0.3, 0.4) is 0 Å². The van der Waals surface area contributed by atoms with Crippen molar-refractivity contribution in [2.24, 2.45) is 0 Å². The molecule has 6 heteroatoms. The van der Waals surface area contributed by atoms with Crippen LogP contribution in [0.1, 0.15) is 0 Å². The second kappa shape index (κ2) is 12.8. The van der Waals surface area contributed by atoms with E-state index in [-0.39, 0.29) is 0 Å². The number of hydrogen-bond acceptors (Lipinski definition) is 6. The van der Waals surface area contributed by atoms with Crippen molar-refractivity contribution in [3.05, 3.63) is 183 Å². The first kappa shape index (κ1) is 32.3. The SMILES string of the molecule is c1ccc2nc3c(nc2c1)Oc1cc(-c2c4ccccc4c(-c4ccncc4)c4ccccc24)c(-c2c4ccccc4c(-c4ccncc4)c4ccccc24)cc1O3. The summed E-state index contributed by atoms with van der Waals surface area (Å²) in [7, 11) is 0. The van der Waals surface area contributed by atoms with Crippen LogP contribution in [0.2, 0.25) is 0 Å². The molecular weight excluding hydrogens is 713 g/mol. The zero-order valence-electron chi connectivity index (χ0n) is 30.9. The molecule has 4 heterocycles. The summed E-state index contributed by atoms with van der Waals surface area (Å²) in [5.74, 6) is 1.82. The Bertz CT molecular complexity index is 3120. The van der Waals surface area contributed by atoms with E-state index in [4.69, 9.17) is 19.4 Å². The standard InChI is InChI=1S/C52H30N4O2/c1-5-15-37-33(11-1)47(31-21-25-53-26-22-31)34-12-2-6-16-38(34)49(37)41-29-45-46(58-52-51(57-45)55-43-19-9-10-20-44(43)56-52)30-42(41)50-39-17-7-3-13-35(39)48(32-23-27-54-28-24-32)36-14-4-8-18-40(36)50/h1-30H. The van der Waals surface area contributed by atoms with Crippen molar-refractivity contribution in [3.8, 4) is 67.8 Å². The summed E-state index contributed by atoms with van der Waals surface area (Å²) in [6, 6.07) is 55.2. The molecule has 58 heavy (non-hydrogen) atoms. The topological polar surface area (TPSA) is 70.0 Å². The molecule has 0 atom stereocenters. The van der Waals surface area contributed by atoms with Gasteiger partial charge in [-0.2, -0.15) is 0 Å². The van der Waals surface area contributed by atoms with E-state index in [2.05, 4.69) is 143 Å². The van der Waals surface area contributed by atoms with E-state index < -0.39 is 0 Å². The first-order valence-corrected chi connectivity index (χ1v) is 19.3. The first-order valence-electron chi connectivity index (χ1n) is 19.3. The average Bonchev–Trinajstić information content (AvgIpc) is 3.28. The van der Waals surface area contributed by atoms with Gasteiger partial charge in [-0.15, -0.1) is 0 Å². The zero-order valence-corrected chi connectivity index (χ0v) is 30.9. The fourth-order valence-corrected chi connectivity index (χ4v) is 8.94. The lowest BCUT2D eigenvalue weighted by atomic mass is 9.81. The fraction of sp³-hybridized carbons (Fsp3) is 0. The van der Waals surface area contributed by atoms with Gasteiger partial charge in [0, 0.05) is 24.8 Å². The third kappa shape index (κ3) is 4.92. The largest absolute Gasteiger partial charge is 0.431 e. The maximum Gasteiger partial charge on any atom is 0.284 e. The molecule has 0 fully saturated rings. The van der Waals surface area contributed by atoms with Gasteiger partial charge in [0.2, 0.25) is 0 Å². The van der Waals surface area contributed by atoms with Crippen LogP contribution in [0.5, 0.6) is 23.3 Å². The van der Waals surface area contributed by atoms with E-state index in [1.54, 1.807) is 0 Å². The average molecular weight is 743 g/mol. The summed E-state index contributed by atoms with van der Waals surface area (Å²) < 4.78 is 13.4. The van der Waals surface area contributed by atoms with Gasteiger partial charge in [0.15, 0.2) is 11.5 Å². The van der Waals surface area contributed by atoms with Crippen molar-refractivity contribution in [1.82, 2.24) is 19.9 Å². The molecule has 0 bridgehead atoms. The molecular formula is C52H30N4O2. The van der Waals surface area contributed by atoms with Crippen molar-refractivity contribution < 1.29 is 9.47 Å². The molecule has 1 aliphatic heterocycles. The van der Waals surface area contributed by atoms with Gasteiger partial charge in [0.1, 0.15) is 0 Å². The van der Waals surface area contributed by atoms with E-state index in [1.807, 2.05) is 49.1 Å². The second-order valence-corrected chi connectivity index (χ2v) is 14.5. The van der Waals surface area contributed by atoms with Crippen LogP contribution in [0.25, 0.3) is 98.6 Å². The maximum absolute atomic E-state index is 6.70. The molecule has 0 unspecified atom stereocenters. The number of pyridine rings is 2. The number of nitrogens with zero attached hydrogens (tertiary/aromatic N) is 4. The Hall–Kier alpha value is -7.96. The number of ether oxygens (including phenoxy) is 2. The Morgan fingerprint density at radius 1 is 0.310 bits per heavy atom. The van der Waals surface area contributed by atoms with Crippen LogP contribution in [-0.2, 0) is 0 Å². The number of para-hydroxylation sites is 2. The summed E-state index contributed by atoms with van der Waals surface area (Å²) >= 11 is 0. The fourth-order valence-electron chi connectivity index (χ4n) is 8.94. The molecule has 1 aliphatic rings. The Morgan fingerprint density at radius 3 is 0.931 bits per heavy atom. The van der Waals surface area contributed by atoms with Gasteiger partial charge in [-0.05, 0) is 136 Å². The predicted octanol–water partition coefficient (Wildman–Crippen LogP) is 13.6. The minimum absolute atomic E-state index is 0.338. The monoisotopic (exact) mass is 742 g/mol. The van der Waals surface area contributed by atoms with Gasteiger partial charge in [0.05, 0.1) is 11.0 Å². The van der Waals surface area contributed by atoms with Gasteiger partial charge in [-0.3, -0.25) is 9.97 Å². The molecule has 0 radical (unpaired) electrons. The lowest BCUT2D eigenvalue weighted by molar-refractivity contribution is 0.339. The highest BCUT2D eigenvalue weighted by Crippen LogP contribution is 2.54. The quantitative estimate of drug-likeness (QED) is 0.167. The lowest BCUT2D eigenvalue weighted by Gasteiger charge is -2.25. The number of fused-ring (bicyclic) bond motifs is 7. The third-order valence-corrected chi connectivity index (χ3v) is 11.3. The second-order valence-electron chi connectivity index (χ2n) is 14.5. The van der Waals surface area contributed by atoms with Crippen LogP contribution in [0, 0.1) is 0 Å². The van der Waals surface area contributed by atoms with E-state index in [1.165, 1.54) is 11.1 Å². The summed E-state index contributed by atoms with van der Waals surface area (Å²) in [5, 5.41) is 9.08. The van der Waals surface area contributed by atoms with Crippen LogP contribution < -0.4 is 9.47 Å². The highest BCUT2D eigenvalue weighted by atomic mass is 16.6. The van der Waals surface area contributed by atoms with Crippen molar-refractivity contribution in [3.63, 3.8) is 0 Å². The van der Waals surface area contributed by atoms with Crippen molar-refractivity contribution in [2.45, 2.75) is 0 Å². The number of hydrogen-bond donors (Lipinski definition) is 0. The Balaban J connectivity index is 1.23. The minimum Gasteiger partial charge on any atom is -0.431 e. The van der Waals surface area contributed by atoms with Gasteiger partial charge in [0.25, 0.3) is 11.8 Å². The predicted molar refractivity (Wildman–Crippen MR) is 233 cm³/mol. The summed E-state index contributed by atoms with van der Waals surface area (Å²) in [4.78, 5) is 18.4. The molecule has 0 aliphatic carbocycles. The minimum atomic E-state index is 0.338. The van der Waals surface area contributed by atoms with E-state index in [0.29, 0.717) is 23.3 Å². The number of rotatable bonds is 4. The molecule has 0 N–H and O–H groups in total. The van der Waals surface area contributed by atoms with Crippen LogP contribution in [0.4, 0.5) is 0 Å². The van der Waals surface area contributed by atoms with E-state index in [0.717, 1.165) is 87.5 Å². The zero-order chi connectivity index (χ0) is 38.2. The molecule has 270 valence electrons. The number of benzene rings is 8. The van der Waals surface area contributed by atoms with E-state index >= 15 is 0 Å². The van der Waals surface area contributed by atoms with Crippen LogP contribution >= 0.6 is 0 Å². The molecule has 12 rings (SSSR count). The normalized spacial score (nSPS) is 12.1. The Kier molecular flexibility index (Phi) is 7.13. The Morgan fingerprint density at radius 2 is 0.603 bits per heavy atom. The molecule has 11 aromatic rings. The number of aromatic nitrogens is 4. The van der Waals surface area contributed by atoms with Crippen LogP contribution in [-0.4, -0.2) is 19.9 Å². The van der Waals surface area contributed by atoms with E-state index in [9.17, 15) is 0 Å². The first-order chi connectivity index (χ1) is 28.8. The van der Waals surface area contributed by atoms with Gasteiger partial charge in [-0.25, -0.2) is 9.97 Å². The van der Waals surface area contributed by atoms with Crippen molar-refractivity contribution >= 4 is 54.1 Å². The molecule has 0 spiro atoms. The van der Waals surface area contributed by atoms with Crippen molar-refractivity contribution in [2.75, 3.05) is 0 Å². The van der Waals surface area contributed by atoms with Gasteiger partial charge in [-0.1, -0.05) is 109 Å². The maximum atomic E-state index is 6.70. The smallest absolute Gasteiger partial charge is 0.284 e. The van der Waals surface area contributed by atoms with Crippen LogP contribution in [0.15, 0.2) is 183 Å². The molecule has 0 amide bonds. The summed E-state index contributed by atoms with van der Waals surface area (Å²) in [6.45, 7) is 0. The highest BCUT2D eigenvalue weighted by Gasteiger charge is 2.29. The highest BCUT2D eigenvalue weighted by molar-refractivity contribution is 6.26. The molecule has 8 aromatic carbocycles. The molecule has 0 saturated heterocycles. The summed E-state index contributed by atoms with van der Waals surface area (Å²) in [5.41, 5.74) is 10.3. The van der Waals surface area contributed by atoms with Crippen molar-refractivity contribution in [1.29, 1.82) is 0 Å². The molecule has 3 aromatic heterocycles. The van der Waals surface area contributed by atoms with Gasteiger partial charge >= 0.3 is 0 Å². The molecule has 0 saturated carbocycles. The third-order valence-electron chi connectivity index (χ3n) is 11.3. The molecule has 6 nitrogen and oxygen atoms in total. The van der Waals surface area contributed by atoms with Gasteiger partial charge < -0.3 is 9.47 Å². The lowest BCUT2D eigenvalue weighted by Crippen LogP contribution is -2.05.